The first-order valence-corrected chi connectivity index (χ1v) is 8.59. The third-order valence-corrected chi connectivity index (χ3v) is 4.38. The molecule has 1 fully saturated rings. The second kappa shape index (κ2) is 8.68. The average Bonchev–Trinajstić information content (AvgIpc) is 2.67. The highest BCUT2D eigenvalue weighted by Gasteiger charge is 2.22. The number of nitrogens with one attached hydrogen (secondary N) is 2. The predicted molar refractivity (Wildman–Crippen MR) is 97.2 cm³/mol. The number of nitrogens with zero attached hydrogens (tertiary/aromatic N) is 5. The first-order valence-electron chi connectivity index (χ1n) is 8.59. The zero-order chi connectivity index (χ0) is 17.5. The fourth-order valence-electron chi connectivity index (χ4n) is 3.06. The van der Waals surface area contributed by atoms with E-state index in [-0.39, 0.29) is 0 Å². The van der Waals surface area contributed by atoms with Gasteiger partial charge in [-0.1, -0.05) is 0 Å². The van der Waals surface area contributed by atoms with Crippen LogP contribution in [0, 0.1) is 0 Å². The fraction of sp³-hybridized carbons (Fsp3) is 0.529. The summed E-state index contributed by atoms with van der Waals surface area (Å²) in [6.07, 6.45) is 5.64. The van der Waals surface area contributed by atoms with Gasteiger partial charge in [-0.2, -0.15) is 0 Å². The van der Waals surface area contributed by atoms with Crippen LogP contribution >= 0.6 is 0 Å². The summed E-state index contributed by atoms with van der Waals surface area (Å²) >= 11 is 0. The average molecular weight is 343 g/mol. The summed E-state index contributed by atoms with van der Waals surface area (Å²) in [5, 5.41) is 6.15. The zero-order valence-electron chi connectivity index (χ0n) is 14.8. The van der Waals surface area contributed by atoms with Crippen molar-refractivity contribution in [3.05, 3.63) is 30.4 Å². The summed E-state index contributed by atoms with van der Waals surface area (Å²) in [5.41, 5.74) is 1.07. The Bertz CT molecular complexity index is 682. The lowest BCUT2D eigenvalue weighted by atomic mass is 9.94. The normalized spacial score (nSPS) is 18.1. The van der Waals surface area contributed by atoms with Crippen LogP contribution in [0.1, 0.15) is 24.5 Å². The Morgan fingerprint density at radius 2 is 2.16 bits per heavy atom. The molecule has 3 heterocycles. The van der Waals surface area contributed by atoms with Gasteiger partial charge in [0, 0.05) is 45.4 Å². The monoisotopic (exact) mass is 343 g/mol. The largest absolute Gasteiger partial charge is 0.383 e. The molecule has 0 saturated carbocycles. The van der Waals surface area contributed by atoms with E-state index in [1.54, 1.807) is 13.3 Å². The molecule has 1 aliphatic rings. The summed E-state index contributed by atoms with van der Waals surface area (Å²) in [6, 6.07) is 3.83. The minimum absolute atomic E-state index is 0.424. The van der Waals surface area contributed by atoms with Crippen LogP contribution in [0.15, 0.2) is 24.7 Å². The fourth-order valence-corrected chi connectivity index (χ4v) is 3.06. The van der Waals surface area contributed by atoms with Crippen LogP contribution in [-0.2, 0) is 4.74 Å². The smallest absolute Gasteiger partial charge is 0.228 e. The molecule has 134 valence electrons. The number of anilines is 3. The first kappa shape index (κ1) is 17.5. The number of rotatable bonds is 7. The van der Waals surface area contributed by atoms with Crippen molar-refractivity contribution in [2.75, 3.05) is 51.0 Å². The number of hydrogen-bond acceptors (Lipinski definition) is 8. The van der Waals surface area contributed by atoms with E-state index in [0.717, 1.165) is 44.2 Å². The summed E-state index contributed by atoms with van der Waals surface area (Å²) in [6.45, 7) is 3.88. The van der Waals surface area contributed by atoms with Gasteiger partial charge in [-0.05, 0) is 25.5 Å². The van der Waals surface area contributed by atoms with Gasteiger partial charge in [0.25, 0.3) is 0 Å². The van der Waals surface area contributed by atoms with Crippen LogP contribution in [0.2, 0.25) is 0 Å². The molecule has 1 unspecified atom stereocenters. The number of piperidine rings is 1. The minimum Gasteiger partial charge on any atom is -0.383 e. The van der Waals surface area contributed by atoms with Crippen LogP contribution in [0.3, 0.4) is 0 Å². The molecule has 8 nitrogen and oxygen atoms in total. The van der Waals surface area contributed by atoms with Gasteiger partial charge in [-0.15, -0.1) is 0 Å². The Kier molecular flexibility index (Phi) is 6.08. The molecule has 3 rings (SSSR count). The first-order chi connectivity index (χ1) is 12.3. The Hall–Kier alpha value is -2.32. The maximum atomic E-state index is 5.20. The van der Waals surface area contributed by atoms with E-state index < -0.39 is 0 Å². The number of methoxy groups -OCH3 is 1. The highest BCUT2D eigenvalue weighted by atomic mass is 16.5. The van der Waals surface area contributed by atoms with E-state index in [1.165, 1.54) is 12.7 Å². The van der Waals surface area contributed by atoms with Gasteiger partial charge < -0.3 is 20.3 Å². The predicted octanol–water partition coefficient (Wildman–Crippen LogP) is 1.88. The lowest BCUT2D eigenvalue weighted by molar-refractivity contribution is 0.127. The molecule has 2 aromatic rings. The van der Waals surface area contributed by atoms with E-state index in [1.807, 2.05) is 19.2 Å². The maximum absolute atomic E-state index is 5.20. The topological polar surface area (TPSA) is 88.1 Å². The molecule has 0 spiro atoms. The van der Waals surface area contributed by atoms with E-state index in [2.05, 4.69) is 30.5 Å². The van der Waals surface area contributed by atoms with Crippen LogP contribution in [0.25, 0.3) is 0 Å². The van der Waals surface area contributed by atoms with Crippen LogP contribution in [0.5, 0.6) is 0 Å². The van der Waals surface area contributed by atoms with Crippen molar-refractivity contribution in [3.63, 3.8) is 0 Å². The van der Waals surface area contributed by atoms with Gasteiger partial charge in [0.15, 0.2) is 0 Å². The molecule has 0 radical (unpaired) electrons. The Morgan fingerprint density at radius 3 is 3.00 bits per heavy atom. The van der Waals surface area contributed by atoms with Gasteiger partial charge in [0.2, 0.25) is 5.95 Å². The number of likely N-dealkylation sites (tertiary alicyclic amines) is 1. The third kappa shape index (κ3) is 4.83. The molecule has 25 heavy (non-hydrogen) atoms. The van der Waals surface area contributed by atoms with Crippen LogP contribution in [-0.4, -0.2) is 65.2 Å². The molecule has 1 saturated heterocycles. The quantitative estimate of drug-likeness (QED) is 0.788. The van der Waals surface area contributed by atoms with Crippen LogP contribution in [0.4, 0.5) is 17.6 Å². The van der Waals surface area contributed by atoms with E-state index in [9.17, 15) is 0 Å². The van der Waals surface area contributed by atoms with Gasteiger partial charge in [-0.25, -0.2) is 19.9 Å². The van der Waals surface area contributed by atoms with Crippen LogP contribution < -0.4 is 10.6 Å². The van der Waals surface area contributed by atoms with Crippen molar-refractivity contribution in [3.8, 4) is 0 Å². The maximum Gasteiger partial charge on any atom is 0.228 e. The highest BCUT2D eigenvalue weighted by Crippen LogP contribution is 2.26. The molecule has 8 heteroatoms. The van der Waals surface area contributed by atoms with E-state index in [0.29, 0.717) is 17.7 Å². The molecule has 0 amide bonds. The van der Waals surface area contributed by atoms with Crippen molar-refractivity contribution < 1.29 is 4.74 Å². The highest BCUT2D eigenvalue weighted by molar-refractivity contribution is 5.52. The van der Waals surface area contributed by atoms with Gasteiger partial charge in [0.1, 0.15) is 18.0 Å². The molecule has 1 aliphatic heterocycles. The van der Waals surface area contributed by atoms with Crippen molar-refractivity contribution in [2.24, 2.45) is 0 Å². The number of hydrogen-bond donors (Lipinski definition) is 2. The van der Waals surface area contributed by atoms with Gasteiger partial charge in [0.05, 0.1) is 12.3 Å². The molecule has 0 bridgehead atoms. The Labute approximate surface area is 148 Å². The van der Waals surface area contributed by atoms with Crippen molar-refractivity contribution in [1.29, 1.82) is 0 Å². The molecule has 1 atom stereocenters. The molecule has 0 aromatic carbocycles. The van der Waals surface area contributed by atoms with E-state index >= 15 is 0 Å². The molecular weight excluding hydrogens is 318 g/mol. The molecule has 0 aliphatic carbocycles. The molecule has 2 aromatic heterocycles. The second-order valence-corrected chi connectivity index (χ2v) is 6.10. The third-order valence-electron chi connectivity index (χ3n) is 4.38. The SMILES string of the molecule is CNc1cc(Nc2nccc(C3CCCN(CCOC)C3)n2)ncn1. The summed E-state index contributed by atoms with van der Waals surface area (Å²) in [7, 11) is 3.57. The van der Waals surface area contributed by atoms with Crippen molar-refractivity contribution in [1.82, 2.24) is 24.8 Å². The Morgan fingerprint density at radius 1 is 1.28 bits per heavy atom. The van der Waals surface area contributed by atoms with E-state index in [4.69, 9.17) is 9.72 Å². The van der Waals surface area contributed by atoms with Gasteiger partial charge >= 0.3 is 0 Å². The zero-order valence-corrected chi connectivity index (χ0v) is 14.8. The standard InChI is InChI=1S/C17H25N7O/c1-18-15-10-16(21-12-20-15)23-17-19-6-5-14(22-17)13-4-3-7-24(11-13)8-9-25-2/h5-6,10,12-13H,3-4,7-9,11H2,1-2H3,(H2,18,19,20,21,22,23). The van der Waals surface area contributed by atoms with Crippen molar-refractivity contribution in [2.45, 2.75) is 18.8 Å². The minimum atomic E-state index is 0.424. The lowest BCUT2D eigenvalue weighted by Crippen LogP contribution is -2.36. The number of aromatic nitrogens is 4. The summed E-state index contributed by atoms with van der Waals surface area (Å²) in [5.74, 6) is 2.40. The molecule has 2 N–H and O–H groups in total. The summed E-state index contributed by atoms with van der Waals surface area (Å²) in [4.78, 5) is 19.8. The molecular formula is C17H25N7O. The summed E-state index contributed by atoms with van der Waals surface area (Å²) < 4.78 is 5.20. The Balaban J connectivity index is 1.68. The lowest BCUT2D eigenvalue weighted by Gasteiger charge is -2.32. The number of ether oxygens (including phenoxy) is 1. The van der Waals surface area contributed by atoms with Crippen molar-refractivity contribution >= 4 is 17.6 Å². The van der Waals surface area contributed by atoms with Gasteiger partial charge in [-0.3, -0.25) is 0 Å². The second-order valence-electron chi connectivity index (χ2n) is 6.10.